The summed E-state index contributed by atoms with van der Waals surface area (Å²) in [5.74, 6) is -0.301. The third-order valence-electron chi connectivity index (χ3n) is 2.20. The molecule has 0 bridgehead atoms. The van der Waals surface area contributed by atoms with E-state index in [4.69, 9.17) is 5.11 Å². The molecule has 6 heteroatoms. The maximum atomic E-state index is 11.4. The third kappa shape index (κ3) is 3.63. The second-order valence-corrected chi connectivity index (χ2v) is 5.92. The Morgan fingerprint density at radius 2 is 2.21 bits per heavy atom. The molecule has 0 aliphatic carbocycles. The number of hydrogen-bond acceptors (Lipinski definition) is 4. The summed E-state index contributed by atoms with van der Waals surface area (Å²) < 4.78 is 21.6. The Balaban J connectivity index is 2.36. The van der Waals surface area contributed by atoms with Crippen molar-refractivity contribution in [2.24, 2.45) is 0 Å². The Labute approximate surface area is 83.6 Å². The van der Waals surface area contributed by atoms with Crippen LogP contribution in [0, 0.1) is 0 Å². The zero-order chi connectivity index (χ0) is 10.8. The third-order valence-corrected chi connectivity index (χ3v) is 3.15. The average molecular weight is 221 g/mol. The molecule has 1 aliphatic rings. The van der Waals surface area contributed by atoms with Gasteiger partial charge in [0.25, 0.3) is 0 Å². The van der Waals surface area contributed by atoms with Gasteiger partial charge in [0, 0.05) is 25.8 Å². The van der Waals surface area contributed by atoms with Gasteiger partial charge >= 0.3 is 0 Å². The highest BCUT2D eigenvalue weighted by Crippen LogP contribution is 2.10. The van der Waals surface area contributed by atoms with Crippen molar-refractivity contribution in [3.8, 4) is 0 Å². The predicted octanol–water partition coefficient (Wildman–Crippen LogP) is -0.986. The van der Waals surface area contributed by atoms with Gasteiger partial charge in [0.15, 0.2) is 0 Å². The Bertz CT molecular complexity index is 311. The zero-order valence-electron chi connectivity index (χ0n) is 8.14. The van der Waals surface area contributed by atoms with Gasteiger partial charge < -0.3 is 10.0 Å². The molecule has 5 nitrogen and oxygen atoms in total. The molecule has 82 valence electrons. The van der Waals surface area contributed by atoms with E-state index in [2.05, 4.69) is 0 Å². The second kappa shape index (κ2) is 4.27. The Morgan fingerprint density at radius 3 is 2.64 bits per heavy atom. The van der Waals surface area contributed by atoms with Crippen LogP contribution in [0.2, 0.25) is 0 Å². The fraction of sp³-hybridized carbons (Fsp3) is 0.875. The van der Waals surface area contributed by atoms with Crippen LogP contribution in [0.1, 0.15) is 12.8 Å². The molecule has 0 radical (unpaired) electrons. The molecule has 14 heavy (non-hydrogen) atoms. The maximum absolute atomic E-state index is 11.4. The van der Waals surface area contributed by atoms with E-state index >= 15 is 0 Å². The van der Waals surface area contributed by atoms with Gasteiger partial charge in [-0.1, -0.05) is 0 Å². The van der Waals surface area contributed by atoms with E-state index in [0.717, 1.165) is 6.26 Å². The van der Waals surface area contributed by atoms with Crippen LogP contribution in [0.25, 0.3) is 0 Å². The fourth-order valence-electron chi connectivity index (χ4n) is 1.40. The van der Waals surface area contributed by atoms with Crippen molar-refractivity contribution in [3.05, 3.63) is 0 Å². The van der Waals surface area contributed by atoms with E-state index in [0.29, 0.717) is 19.5 Å². The standard InChI is InChI=1S/C8H15NO4S/c1-14(12,13)5-3-8(11)9-4-2-7(10)6-9/h7,10H,2-6H2,1H3/t7-/m1/s1. The molecule has 1 saturated heterocycles. The minimum absolute atomic E-state index is 0.0194. The van der Waals surface area contributed by atoms with Gasteiger partial charge in [0.1, 0.15) is 9.84 Å². The number of nitrogens with zero attached hydrogens (tertiary/aromatic N) is 1. The molecule has 1 heterocycles. The lowest BCUT2D eigenvalue weighted by atomic mass is 10.3. The van der Waals surface area contributed by atoms with Crippen molar-refractivity contribution in [1.82, 2.24) is 4.90 Å². The molecular weight excluding hydrogens is 206 g/mol. The first-order valence-corrected chi connectivity index (χ1v) is 6.58. The van der Waals surface area contributed by atoms with Gasteiger partial charge in [-0.3, -0.25) is 4.79 Å². The van der Waals surface area contributed by atoms with E-state index in [1.54, 1.807) is 0 Å². The van der Waals surface area contributed by atoms with Crippen LogP contribution >= 0.6 is 0 Å². The molecule has 0 aromatic carbocycles. The lowest BCUT2D eigenvalue weighted by molar-refractivity contribution is -0.130. The van der Waals surface area contributed by atoms with E-state index in [1.807, 2.05) is 0 Å². The molecule has 1 atom stereocenters. The smallest absolute Gasteiger partial charge is 0.223 e. The Morgan fingerprint density at radius 1 is 1.57 bits per heavy atom. The number of hydrogen-bond donors (Lipinski definition) is 1. The van der Waals surface area contributed by atoms with E-state index in [-0.39, 0.29) is 18.1 Å². The quantitative estimate of drug-likeness (QED) is 0.664. The predicted molar refractivity (Wildman–Crippen MR) is 51.5 cm³/mol. The number of carbonyl (C=O) groups is 1. The Kier molecular flexibility index (Phi) is 3.49. The highest BCUT2D eigenvalue weighted by atomic mass is 32.2. The van der Waals surface area contributed by atoms with Crippen molar-refractivity contribution in [1.29, 1.82) is 0 Å². The highest BCUT2D eigenvalue weighted by Gasteiger charge is 2.24. The number of β-amino-alcohol motifs (C(OH)–C–C–N with tert-alkyl or cyclic N) is 1. The van der Waals surface area contributed by atoms with E-state index < -0.39 is 15.9 Å². The Hall–Kier alpha value is -0.620. The number of likely N-dealkylation sites (tertiary alicyclic amines) is 1. The number of aliphatic hydroxyl groups excluding tert-OH is 1. The van der Waals surface area contributed by atoms with Gasteiger partial charge in [-0.15, -0.1) is 0 Å². The maximum Gasteiger partial charge on any atom is 0.223 e. The van der Waals surface area contributed by atoms with E-state index in [9.17, 15) is 13.2 Å². The van der Waals surface area contributed by atoms with Crippen LogP contribution in [0.5, 0.6) is 0 Å². The normalized spacial score (nSPS) is 22.7. The SMILES string of the molecule is CS(=O)(=O)CCC(=O)N1CC[C@@H](O)C1. The van der Waals surface area contributed by atoms with Gasteiger partial charge in [0.2, 0.25) is 5.91 Å². The summed E-state index contributed by atoms with van der Waals surface area (Å²) in [6, 6.07) is 0. The molecule has 1 N–H and O–H groups in total. The van der Waals surface area contributed by atoms with Gasteiger partial charge in [0.05, 0.1) is 11.9 Å². The van der Waals surface area contributed by atoms with Crippen molar-refractivity contribution >= 4 is 15.7 Å². The minimum Gasteiger partial charge on any atom is -0.391 e. The van der Waals surface area contributed by atoms with Crippen LogP contribution in [0.15, 0.2) is 0 Å². The van der Waals surface area contributed by atoms with Gasteiger partial charge in [-0.2, -0.15) is 0 Å². The number of carbonyl (C=O) groups excluding carboxylic acids is 1. The monoisotopic (exact) mass is 221 g/mol. The molecule has 0 spiro atoms. The van der Waals surface area contributed by atoms with Crippen LogP contribution in [-0.2, 0) is 14.6 Å². The fourth-order valence-corrected chi connectivity index (χ4v) is 1.94. The molecule has 1 fully saturated rings. The summed E-state index contributed by atoms with van der Waals surface area (Å²) in [5.41, 5.74) is 0. The second-order valence-electron chi connectivity index (χ2n) is 3.66. The van der Waals surface area contributed by atoms with Crippen molar-refractivity contribution in [3.63, 3.8) is 0 Å². The van der Waals surface area contributed by atoms with Crippen LogP contribution < -0.4 is 0 Å². The zero-order valence-corrected chi connectivity index (χ0v) is 8.96. The summed E-state index contributed by atoms with van der Waals surface area (Å²) in [4.78, 5) is 12.9. The molecule has 1 aliphatic heterocycles. The lowest BCUT2D eigenvalue weighted by Gasteiger charge is -2.14. The van der Waals surface area contributed by atoms with Gasteiger partial charge in [-0.05, 0) is 6.42 Å². The average Bonchev–Trinajstić information content (AvgIpc) is 2.46. The first kappa shape index (κ1) is 11.5. The highest BCUT2D eigenvalue weighted by molar-refractivity contribution is 7.90. The first-order valence-electron chi connectivity index (χ1n) is 4.52. The van der Waals surface area contributed by atoms with Crippen molar-refractivity contribution in [2.45, 2.75) is 18.9 Å². The summed E-state index contributed by atoms with van der Waals surface area (Å²) in [6.07, 6.45) is 1.27. The van der Waals surface area contributed by atoms with E-state index in [1.165, 1.54) is 4.90 Å². The first-order chi connectivity index (χ1) is 6.38. The molecule has 1 amide bonds. The van der Waals surface area contributed by atoms with Gasteiger partial charge in [-0.25, -0.2) is 8.42 Å². The number of amides is 1. The molecule has 0 aromatic heterocycles. The van der Waals surface area contributed by atoms with Crippen molar-refractivity contribution in [2.75, 3.05) is 25.1 Å². The minimum atomic E-state index is -3.07. The number of aliphatic hydroxyl groups is 1. The molecule has 1 rings (SSSR count). The number of sulfone groups is 1. The largest absolute Gasteiger partial charge is 0.391 e. The summed E-state index contributed by atoms with van der Waals surface area (Å²) >= 11 is 0. The summed E-state index contributed by atoms with van der Waals surface area (Å²) in [7, 11) is -3.07. The summed E-state index contributed by atoms with van der Waals surface area (Å²) in [6.45, 7) is 0.867. The van der Waals surface area contributed by atoms with Crippen LogP contribution in [-0.4, -0.2) is 55.5 Å². The summed E-state index contributed by atoms with van der Waals surface area (Å²) in [5, 5.41) is 9.16. The van der Waals surface area contributed by atoms with Crippen LogP contribution in [0.4, 0.5) is 0 Å². The lowest BCUT2D eigenvalue weighted by Crippen LogP contribution is -2.30. The molecule has 0 aromatic rings. The number of rotatable bonds is 3. The topological polar surface area (TPSA) is 74.7 Å². The molecule has 0 unspecified atom stereocenters. The molecular formula is C8H15NO4S. The van der Waals surface area contributed by atoms with Crippen LogP contribution in [0.3, 0.4) is 0 Å². The van der Waals surface area contributed by atoms with Crippen molar-refractivity contribution < 1.29 is 18.3 Å². The molecule has 0 saturated carbocycles.